The standard InChI is InChI=1S/C13H13BN4O.C12H8BN3O2/c1-17-7-10(9-4-3-8(14)5-11(9)17)13(19)12-6-15-16-18(12)2;1-16-10(5-14-15-16)12(17)9-6-18-11-4-7(13)2-3-8(9)11/h3-6,10H,7H2,1-2H3;2-6H,1H3. The molecule has 0 amide bonds. The van der Waals surface area contributed by atoms with Crippen LogP contribution in [0.15, 0.2) is 59.5 Å². The molecule has 0 spiro atoms. The van der Waals surface area contributed by atoms with E-state index in [2.05, 4.69) is 25.5 Å². The van der Waals surface area contributed by atoms with Crippen molar-refractivity contribution in [3.05, 3.63) is 77.6 Å². The monoisotopic (exact) mass is 489 g/mol. The van der Waals surface area contributed by atoms with Crippen LogP contribution < -0.4 is 15.8 Å². The Labute approximate surface area is 215 Å². The van der Waals surface area contributed by atoms with Crippen molar-refractivity contribution in [2.75, 3.05) is 18.5 Å². The number of anilines is 1. The summed E-state index contributed by atoms with van der Waals surface area (Å²) in [5.41, 5.74) is 5.36. The molecule has 0 N–H and O–H groups in total. The second-order valence-electron chi connectivity index (χ2n) is 8.84. The van der Waals surface area contributed by atoms with Gasteiger partial charge >= 0.3 is 0 Å². The average molecular weight is 489 g/mol. The molecule has 4 heterocycles. The summed E-state index contributed by atoms with van der Waals surface area (Å²) in [7, 11) is 16.8. The lowest BCUT2D eigenvalue weighted by atomic mass is 9.90. The highest BCUT2D eigenvalue weighted by atomic mass is 16.3. The van der Waals surface area contributed by atoms with Crippen LogP contribution in [0, 0.1) is 0 Å². The molecule has 1 aliphatic heterocycles. The van der Waals surface area contributed by atoms with Gasteiger partial charge in [0.25, 0.3) is 0 Å². The molecule has 0 saturated carbocycles. The van der Waals surface area contributed by atoms with Crippen LogP contribution >= 0.6 is 0 Å². The van der Waals surface area contributed by atoms with Gasteiger partial charge in [0.2, 0.25) is 5.78 Å². The van der Waals surface area contributed by atoms with Crippen LogP contribution in [0.4, 0.5) is 5.69 Å². The summed E-state index contributed by atoms with van der Waals surface area (Å²) in [4.78, 5) is 26.9. The molecule has 6 rings (SSSR count). The molecule has 4 radical (unpaired) electrons. The van der Waals surface area contributed by atoms with Crippen LogP contribution in [0.25, 0.3) is 11.0 Å². The van der Waals surface area contributed by atoms with Crippen LogP contribution in [0.5, 0.6) is 0 Å². The number of hydrogen-bond donors (Lipinski definition) is 0. The number of nitrogens with zero attached hydrogens (tertiary/aromatic N) is 7. The zero-order valence-electron chi connectivity index (χ0n) is 20.5. The van der Waals surface area contributed by atoms with E-state index in [1.165, 1.54) is 28.0 Å². The zero-order valence-corrected chi connectivity index (χ0v) is 20.5. The Morgan fingerprint density at radius 2 is 1.57 bits per heavy atom. The first-order chi connectivity index (χ1) is 17.7. The van der Waals surface area contributed by atoms with Crippen LogP contribution in [0.1, 0.15) is 38.0 Å². The fourth-order valence-electron chi connectivity index (χ4n) is 4.43. The summed E-state index contributed by atoms with van der Waals surface area (Å²) in [6, 6.07) is 10.9. The summed E-state index contributed by atoms with van der Waals surface area (Å²) in [5.74, 6) is -0.313. The Kier molecular flexibility index (Phi) is 6.24. The van der Waals surface area contributed by atoms with Crippen molar-refractivity contribution in [1.82, 2.24) is 30.0 Å². The van der Waals surface area contributed by atoms with Gasteiger partial charge in [-0.1, -0.05) is 45.6 Å². The van der Waals surface area contributed by atoms with Crippen molar-refractivity contribution >= 4 is 54.8 Å². The van der Waals surface area contributed by atoms with Gasteiger partial charge in [-0.25, -0.2) is 9.36 Å². The van der Waals surface area contributed by atoms with Crippen LogP contribution in [-0.2, 0) is 14.1 Å². The zero-order chi connectivity index (χ0) is 26.3. The maximum Gasteiger partial charge on any atom is 0.216 e. The fraction of sp³-hybridized carbons (Fsp3) is 0.200. The second-order valence-corrected chi connectivity index (χ2v) is 8.84. The van der Waals surface area contributed by atoms with Crippen LogP contribution in [-0.4, -0.2) is 70.8 Å². The molecular formula is C25H21B2N7O3. The van der Waals surface area contributed by atoms with Crippen molar-refractivity contribution in [2.24, 2.45) is 14.1 Å². The fourth-order valence-corrected chi connectivity index (χ4v) is 4.43. The van der Waals surface area contributed by atoms with Gasteiger partial charge in [0.1, 0.15) is 38.9 Å². The number of fused-ring (bicyclic) bond motifs is 2. The SMILES string of the molecule is [B]c1ccc2c(C(=O)c3cnnn3C)coc2c1.[B]c1ccc2c(c1)N(C)CC2C(=O)c1cnnn1C. The molecule has 10 nitrogen and oxygen atoms in total. The van der Waals surface area contributed by atoms with Gasteiger partial charge < -0.3 is 9.32 Å². The van der Waals surface area contributed by atoms with E-state index in [0.717, 1.165) is 16.6 Å². The summed E-state index contributed by atoms with van der Waals surface area (Å²) in [6.07, 6.45) is 4.37. The predicted molar refractivity (Wildman–Crippen MR) is 139 cm³/mol. The summed E-state index contributed by atoms with van der Waals surface area (Å²) < 4.78 is 8.28. The highest BCUT2D eigenvalue weighted by molar-refractivity contribution is 6.33. The summed E-state index contributed by atoms with van der Waals surface area (Å²) in [6.45, 7) is 0.656. The first-order valence-electron chi connectivity index (χ1n) is 11.4. The molecule has 0 bridgehead atoms. The molecule has 0 aliphatic carbocycles. The molecule has 12 heteroatoms. The van der Waals surface area contributed by atoms with E-state index < -0.39 is 0 Å². The summed E-state index contributed by atoms with van der Waals surface area (Å²) in [5, 5.41) is 15.7. The van der Waals surface area contributed by atoms with E-state index in [0.29, 0.717) is 40.0 Å². The minimum Gasteiger partial charge on any atom is -0.464 e. The number of carbonyl (C=O) groups excluding carboxylic acids is 2. The molecule has 37 heavy (non-hydrogen) atoms. The lowest BCUT2D eigenvalue weighted by Crippen LogP contribution is -2.22. The van der Waals surface area contributed by atoms with E-state index in [9.17, 15) is 9.59 Å². The molecule has 0 fully saturated rings. The second kappa shape index (κ2) is 9.53. The molecule has 180 valence electrons. The smallest absolute Gasteiger partial charge is 0.216 e. The van der Waals surface area contributed by atoms with Gasteiger partial charge in [-0.15, -0.1) is 10.2 Å². The van der Waals surface area contributed by atoms with Crippen molar-refractivity contribution in [3.63, 3.8) is 0 Å². The molecule has 1 aliphatic rings. The Bertz CT molecular complexity index is 1640. The number of furan rings is 1. The topological polar surface area (TPSA) is 112 Å². The molecule has 2 aromatic carbocycles. The van der Waals surface area contributed by atoms with Gasteiger partial charge in [-0.2, -0.15) is 0 Å². The minimum absolute atomic E-state index is 0.0443. The molecule has 0 saturated heterocycles. The number of ketones is 2. The van der Waals surface area contributed by atoms with E-state index in [4.69, 9.17) is 20.1 Å². The third-order valence-corrected chi connectivity index (χ3v) is 6.37. The molecular weight excluding hydrogens is 468 g/mol. The number of likely N-dealkylation sites (N-methyl/N-ethyl adjacent to an activating group) is 1. The lowest BCUT2D eigenvalue weighted by Gasteiger charge is -2.12. The third-order valence-electron chi connectivity index (χ3n) is 6.37. The molecule has 3 aromatic heterocycles. The first kappa shape index (κ1) is 24.2. The minimum atomic E-state index is -0.183. The van der Waals surface area contributed by atoms with Crippen molar-refractivity contribution in [3.8, 4) is 0 Å². The van der Waals surface area contributed by atoms with E-state index in [-0.39, 0.29) is 17.5 Å². The summed E-state index contributed by atoms with van der Waals surface area (Å²) >= 11 is 0. The first-order valence-corrected chi connectivity index (χ1v) is 11.4. The maximum atomic E-state index is 12.6. The van der Waals surface area contributed by atoms with Gasteiger partial charge in [0.15, 0.2) is 5.78 Å². The number of Topliss-reactive ketones (excluding diaryl/α,β-unsaturated/α-hetero) is 1. The largest absolute Gasteiger partial charge is 0.464 e. The maximum absolute atomic E-state index is 12.6. The number of aryl methyl sites for hydroxylation is 2. The number of benzene rings is 2. The normalized spacial score (nSPS) is 14.4. The Hall–Kier alpha value is -4.47. The van der Waals surface area contributed by atoms with Crippen molar-refractivity contribution in [1.29, 1.82) is 0 Å². The number of carbonyl (C=O) groups is 2. The van der Waals surface area contributed by atoms with Gasteiger partial charge in [-0.3, -0.25) is 9.59 Å². The predicted octanol–water partition coefficient (Wildman–Crippen LogP) is 0.611. The molecule has 1 unspecified atom stereocenters. The Morgan fingerprint density at radius 1 is 0.919 bits per heavy atom. The lowest BCUT2D eigenvalue weighted by molar-refractivity contribution is 0.0955. The highest BCUT2D eigenvalue weighted by Gasteiger charge is 2.33. The van der Waals surface area contributed by atoms with Crippen LogP contribution in [0.2, 0.25) is 0 Å². The molecule has 5 aromatic rings. The quantitative estimate of drug-likeness (QED) is 0.267. The number of rotatable bonds is 4. The van der Waals surface area contributed by atoms with Crippen LogP contribution in [0.3, 0.4) is 0 Å². The van der Waals surface area contributed by atoms with Gasteiger partial charge in [-0.05, 0) is 17.7 Å². The van der Waals surface area contributed by atoms with Gasteiger partial charge in [0, 0.05) is 38.8 Å². The highest BCUT2D eigenvalue weighted by Crippen LogP contribution is 2.36. The molecule has 1 atom stereocenters. The van der Waals surface area contributed by atoms with Crippen molar-refractivity contribution in [2.45, 2.75) is 5.92 Å². The van der Waals surface area contributed by atoms with Gasteiger partial charge in [0.05, 0.1) is 23.9 Å². The Balaban J connectivity index is 0.000000152. The van der Waals surface area contributed by atoms with Crippen molar-refractivity contribution < 1.29 is 14.0 Å². The number of hydrogen-bond acceptors (Lipinski definition) is 8. The van der Waals surface area contributed by atoms with E-state index in [1.54, 1.807) is 32.3 Å². The Morgan fingerprint density at radius 3 is 2.24 bits per heavy atom. The van der Waals surface area contributed by atoms with E-state index in [1.807, 2.05) is 25.2 Å². The third kappa shape index (κ3) is 4.46. The van der Waals surface area contributed by atoms with E-state index >= 15 is 0 Å². The number of aromatic nitrogens is 6. The average Bonchev–Trinajstić information content (AvgIpc) is 3.66.